The first-order valence-corrected chi connectivity index (χ1v) is 6.68. The smallest absolute Gasteiger partial charge is 0.407 e. The number of alkyl carbamates (subject to hydrolysis) is 1. The van der Waals surface area contributed by atoms with Crippen LogP contribution < -0.4 is 16.4 Å². The van der Waals surface area contributed by atoms with Crippen molar-refractivity contribution in [2.24, 2.45) is 5.73 Å². The molecule has 0 rings (SSSR count). The summed E-state index contributed by atoms with van der Waals surface area (Å²) >= 11 is 0. The van der Waals surface area contributed by atoms with Crippen molar-refractivity contribution in [3.05, 3.63) is 0 Å². The van der Waals surface area contributed by atoms with E-state index < -0.39 is 23.6 Å². The second kappa shape index (κ2) is 7.99. The van der Waals surface area contributed by atoms with Gasteiger partial charge >= 0.3 is 6.09 Å². The third kappa shape index (κ3) is 9.30. The summed E-state index contributed by atoms with van der Waals surface area (Å²) in [5, 5.41) is 5.73. The van der Waals surface area contributed by atoms with Gasteiger partial charge in [-0.05, 0) is 40.5 Å². The molecule has 0 aromatic rings. The van der Waals surface area contributed by atoms with E-state index in [1.165, 1.54) is 0 Å². The Kier molecular flexibility index (Phi) is 7.44. The Morgan fingerprint density at radius 1 is 1.32 bits per heavy atom. The zero-order valence-electron chi connectivity index (χ0n) is 12.6. The molecule has 0 saturated heterocycles. The molecule has 0 radical (unpaired) electrons. The third-order valence-corrected chi connectivity index (χ3v) is 2.54. The van der Waals surface area contributed by atoms with Crippen LogP contribution in [0.5, 0.6) is 0 Å². The highest BCUT2D eigenvalue weighted by Gasteiger charge is 2.19. The maximum atomic E-state index is 11.4. The Bertz CT molecular complexity index is 300. The fraction of sp³-hybridized carbons (Fsp3) is 0.846. The predicted molar refractivity (Wildman–Crippen MR) is 74.7 cm³/mol. The topological polar surface area (TPSA) is 93.4 Å². The van der Waals surface area contributed by atoms with E-state index in [1.54, 1.807) is 20.8 Å². The van der Waals surface area contributed by atoms with Gasteiger partial charge in [-0.25, -0.2) is 4.79 Å². The van der Waals surface area contributed by atoms with Crippen LogP contribution in [0.1, 0.15) is 47.5 Å². The molecule has 0 heterocycles. The molecular weight excluding hydrogens is 246 g/mol. The molecule has 0 aromatic carbocycles. The Hall–Kier alpha value is -1.30. The van der Waals surface area contributed by atoms with Crippen molar-refractivity contribution in [2.75, 3.05) is 6.54 Å². The van der Waals surface area contributed by atoms with Crippen molar-refractivity contribution < 1.29 is 14.3 Å². The van der Waals surface area contributed by atoms with Gasteiger partial charge in [-0.15, -0.1) is 0 Å². The van der Waals surface area contributed by atoms with Gasteiger partial charge in [0.1, 0.15) is 5.60 Å². The first-order valence-electron chi connectivity index (χ1n) is 6.68. The van der Waals surface area contributed by atoms with Crippen LogP contribution in [0.2, 0.25) is 0 Å². The zero-order valence-corrected chi connectivity index (χ0v) is 12.6. The van der Waals surface area contributed by atoms with Crippen LogP contribution in [0.3, 0.4) is 0 Å². The van der Waals surface area contributed by atoms with E-state index in [2.05, 4.69) is 10.6 Å². The number of carbonyl (C=O) groups is 2. The Balaban J connectivity index is 4.06. The van der Waals surface area contributed by atoms with Crippen LogP contribution in [0.25, 0.3) is 0 Å². The van der Waals surface area contributed by atoms with Crippen molar-refractivity contribution >= 4 is 12.0 Å². The summed E-state index contributed by atoms with van der Waals surface area (Å²) in [6.07, 6.45) is 0.863. The van der Waals surface area contributed by atoms with Crippen LogP contribution >= 0.6 is 0 Å². The molecule has 0 bridgehead atoms. The van der Waals surface area contributed by atoms with Crippen LogP contribution in [0.15, 0.2) is 0 Å². The van der Waals surface area contributed by atoms with Crippen LogP contribution in [-0.4, -0.2) is 36.2 Å². The maximum absolute atomic E-state index is 11.4. The normalized spacial score (nSPS) is 14.6. The number of amides is 2. The standard InChI is InChI=1S/C13H27N3O3/c1-6-9(2)16-10(11(14)17)7-8-15-12(18)19-13(3,4)5/h9-10,16H,6-8H2,1-5H3,(H2,14,17)(H,15,18). The summed E-state index contributed by atoms with van der Waals surface area (Å²) in [6.45, 7) is 9.73. The minimum atomic E-state index is -0.526. The van der Waals surface area contributed by atoms with Gasteiger partial charge < -0.3 is 21.1 Å². The van der Waals surface area contributed by atoms with Crippen molar-refractivity contribution in [2.45, 2.75) is 65.1 Å². The molecule has 2 unspecified atom stereocenters. The van der Waals surface area contributed by atoms with Crippen molar-refractivity contribution in [3.8, 4) is 0 Å². The van der Waals surface area contributed by atoms with Crippen molar-refractivity contribution in [1.29, 1.82) is 0 Å². The quantitative estimate of drug-likeness (QED) is 0.648. The van der Waals surface area contributed by atoms with Gasteiger partial charge in [-0.1, -0.05) is 6.92 Å². The van der Waals surface area contributed by atoms with Gasteiger partial charge in [-0.3, -0.25) is 4.79 Å². The molecule has 2 amide bonds. The molecule has 6 nitrogen and oxygen atoms in total. The highest BCUT2D eigenvalue weighted by atomic mass is 16.6. The molecular formula is C13H27N3O3. The van der Waals surface area contributed by atoms with E-state index in [1.807, 2.05) is 13.8 Å². The molecule has 112 valence electrons. The van der Waals surface area contributed by atoms with Gasteiger partial charge in [0.2, 0.25) is 5.91 Å². The number of nitrogens with two attached hydrogens (primary N) is 1. The second-order valence-electron chi connectivity index (χ2n) is 5.65. The van der Waals surface area contributed by atoms with E-state index in [9.17, 15) is 9.59 Å². The van der Waals surface area contributed by atoms with E-state index in [0.29, 0.717) is 13.0 Å². The van der Waals surface area contributed by atoms with Crippen LogP contribution in [0, 0.1) is 0 Å². The monoisotopic (exact) mass is 273 g/mol. The molecule has 4 N–H and O–H groups in total. The number of ether oxygens (including phenoxy) is 1. The average Bonchev–Trinajstić information content (AvgIpc) is 2.24. The molecule has 2 atom stereocenters. The Morgan fingerprint density at radius 3 is 2.32 bits per heavy atom. The largest absolute Gasteiger partial charge is 0.444 e. The van der Waals surface area contributed by atoms with E-state index in [-0.39, 0.29) is 6.04 Å². The molecule has 0 aliphatic carbocycles. The summed E-state index contributed by atoms with van der Waals surface area (Å²) < 4.78 is 5.10. The minimum Gasteiger partial charge on any atom is -0.444 e. The number of hydrogen-bond donors (Lipinski definition) is 3. The van der Waals surface area contributed by atoms with Crippen molar-refractivity contribution in [1.82, 2.24) is 10.6 Å². The van der Waals surface area contributed by atoms with Crippen LogP contribution in [-0.2, 0) is 9.53 Å². The SMILES string of the molecule is CCC(C)NC(CCNC(=O)OC(C)(C)C)C(N)=O. The predicted octanol–water partition coefficient (Wildman–Crippen LogP) is 1.14. The molecule has 0 fully saturated rings. The summed E-state index contributed by atoms with van der Waals surface area (Å²) in [5.41, 5.74) is 4.79. The molecule has 0 aliphatic rings. The maximum Gasteiger partial charge on any atom is 0.407 e. The third-order valence-electron chi connectivity index (χ3n) is 2.54. The Morgan fingerprint density at radius 2 is 1.89 bits per heavy atom. The fourth-order valence-electron chi connectivity index (χ4n) is 1.40. The highest BCUT2D eigenvalue weighted by molar-refractivity contribution is 5.80. The fourth-order valence-corrected chi connectivity index (χ4v) is 1.40. The molecule has 0 spiro atoms. The van der Waals surface area contributed by atoms with Gasteiger partial charge in [0.15, 0.2) is 0 Å². The lowest BCUT2D eigenvalue weighted by Gasteiger charge is -2.22. The van der Waals surface area contributed by atoms with Gasteiger partial charge in [0, 0.05) is 12.6 Å². The number of carbonyl (C=O) groups excluding carboxylic acids is 2. The lowest BCUT2D eigenvalue weighted by molar-refractivity contribution is -0.120. The average molecular weight is 273 g/mol. The lowest BCUT2D eigenvalue weighted by atomic mass is 10.1. The highest BCUT2D eigenvalue weighted by Crippen LogP contribution is 2.06. The number of rotatable bonds is 7. The van der Waals surface area contributed by atoms with Gasteiger partial charge in [0.05, 0.1) is 6.04 Å². The number of nitrogens with one attached hydrogen (secondary N) is 2. The molecule has 6 heteroatoms. The molecule has 0 aliphatic heterocycles. The summed E-state index contributed by atoms with van der Waals surface area (Å²) in [5.74, 6) is -0.411. The Labute approximate surface area is 115 Å². The van der Waals surface area contributed by atoms with E-state index >= 15 is 0 Å². The van der Waals surface area contributed by atoms with Gasteiger partial charge in [-0.2, -0.15) is 0 Å². The minimum absolute atomic E-state index is 0.207. The number of hydrogen-bond acceptors (Lipinski definition) is 4. The molecule has 0 saturated carbocycles. The first kappa shape index (κ1) is 17.7. The second-order valence-corrected chi connectivity index (χ2v) is 5.65. The van der Waals surface area contributed by atoms with E-state index in [4.69, 9.17) is 10.5 Å². The summed E-state index contributed by atoms with van der Waals surface area (Å²) in [7, 11) is 0. The summed E-state index contributed by atoms with van der Waals surface area (Å²) in [4.78, 5) is 22.7. The van der Waals surface area contributed by atoms with Crippen molar-refractivity contribution in [3.63, 3.8) is 0 Å². The first-order chi connectivity index (χ1) is 8.65. The summed E-state index contributed by atoms with van der Waals surface area (Å²) in [6, 6.07) is -0.232. The molecule has 19 heavy (non-hydrogen) atoms. The van der Waals surface area contributed by atoms with Gasteiger partial charge in [0.25, 0.3) is 0 Å². The number of primary amides is 1. The lowest BCUT2D eigenvalue weighted by Crippen LogP contribution is -2.47. The zero-order chi connectivity index (χ0) is 15.1. The van der Waals surface area contributed by atoms with Crippen LogP contribution in [0.4, 0.5) is 4.79 Å². The molecule has 0 aromatic heterocycles. The van der Waals surface area contributed by atoms with E-state index in [0.717, 1.165) is 6.42 Å².